The summed E-state index contributed by atoms with van der Waals surface area (Å²) in [5.41, 5.74) is 4.43. The zero-order chi connectivity index (χ0) is 13.4. The topological polar surface area (TPSA) is 17.1 Å². The zero-order valence-corrected chi connectivity index (χ0v) is 11.7. The fourth-order valence-corrected chi connectivity index (χ4v) is 2.84. The van der Waals surface area contributed by atoms with Crippen molar-refractivity contribution in [2.75, 3.05) is 0 Å². The standard InChI is InChI=1S/C17H21O/c1-16(2)9-10-17(3,4)15-12-13(6-5-11-18)7-8-14(15)16/h5-8,12H,9-10H2,1-4H3. The highest BCUT2D eigenvalue weighted by Gasteiger charge is 2.36. The molecule has 0 fully saturated rings. The van der Waals surface area contributed by atoms with Crippen LogP contribution in [0.1, 0.15) is 57.2 Å². The van der Waals surface area contributed by atoms with Gasteiger partial charge in [0.25, 0.3) is 0 Å². The first kappa shape index (κ1) is 13.1. The summed E-state index contributed by atoms with van der Waals surface area (Å²) in [6.07, 6.45) is 7.50. The van der Waals surface area contributed by atoms with Crippen molar-refractivity contribution in [2.24, 2.45) is 0 Å². The van der Waals surface area contributed by atoms with Gasteiger partial charge in [-0.05, 0) is 46.4 Å². The molecule has 0 aromatic heterocycles. The van der Waals surface area contributed by atoms with Gasteiger partial charge >= 0.3 is 0 Å². The van der Waals surface area contributed by atoms with Gasteiger partial charge in [-0.3, -0.25) is 4.79 Å². The first-order valence-corrected chi connectivity index (χ1v) is 6.56. The molecule has 1 nitrogen and oxygen atoms in total. The van der Waals surface area contributed by atoms with Gasteiger partial charge in [-0.25, -0.2) is 0 Å². The van der Waals surface area contributed by atoms with Gasteiger partial charge in [0.2, 0.25) is 6.29 Å². The molecule has 1 aromatic carbocycles. The second kappa shape index (κ2) is 4.38. The maximum absolute atomic E-state index is 10.3. The summed E-state index contributed by atoms with van der Waals surface area (Å²) < 4.78 is 0. The number of hydrogen-bond acceptors (Lipinski definition) is 1. The summed E-state index contributed by atoms with van der Waals surface area (Å²) in [6, 6.07) is 6.54. The summed E-state index contributed by atoms with van der Waals surface area (Å²) in [6.45, 7) is 9.24. The first-order valence-electron chi connectivity index (χ1n) is 6.56. The molecule has 0 amide bonds. The minimum atomic E-state index is 0.222. The second-order valence-electron chi connectivity index (χ2n) is 6.52. The molecule has 0 N–H and O–H groups in total. The normalized spacial score (nSPS) is 20.7. The Morgan fingerprint density at radius 2 is 1.67 bits per heavy atom. The van der Waals surface area contributed by atoms with E-state index in [9.17, 15) is 4.79 Å². The van der Waals surface area contributed by atoms with Crippen molar-refractivity contribution in [2.45, 2.75) is 51.4 Å². The summed E-state index contributed by atoms with van der Waals surface area (Å²) in [5, 5.41) is 0. The molecule has 2 rings (SSSR count). The molecule has 1 radical (unpaired) electrons. The Labute approximate surface area is 110 Å². The van der Waals surface area contributed by atoms with E-state index < -0.39 is 0 Å². The van der Waals surface area contributed by atoms with Crippen LogP contribution in [0.3, 0.4) is 0 Å². The summed E-state index contributed by atoms with van der Waals surface area (Å²) >= 11 is 0. The van der Waals surface area contributed by atoms with Crippen molar-refractivity contribution >= 4 is 12.4 Å². The Morgan fingerprint density at radius 1 is 1.06 bits per heavy atom. The van der Waals surface area contributed by atoms with Gasteiger partial charge in [0, 0.05) is 0 Å². The van der Waals surface area contributed by atoms with Crippen LogP contribution in [0, 0.1) is 0 Å². The molecule has 0 aliphatic heterocycles. The van der Waals surface area contributed by atoms with E-state index in [2.05, 4.69) is 45.9 Å². The molecule has 0 saturated carbocycles. The zero-order valence-electron chi connectivity index (χ0n) is 11.7. The van der Waals surface area contributed by atoms with Crippen molar-refractivity contribution in [1.29, 1.82) is 0 Å². The van der Waals surface area contributed by atoms with E-state index in [-0.39, 0.29) is 10.8 Å². The molecule has 0 bridgehead atoms. The van der Waals surface area contributed by atoms with Crippen molar-refractivity contribution in [3.8, 4) is 0 Å². The Hall–Kier alpha value is -1.37. The van der Waals surface area contributed by atoms with Gasteiger partial charge in [0.15, 0.2) is 0 Å². The minimum Gasteiger partial charge on any atom is -0.286 e. The highest BCUT2D eigenvalue weighted by atomic mass is 16.1. The second-order valence-corrected chi connectivity index (χ2v) is 6.52. The monoisotopic (exact) mass is 241 g/mol. The number of hydrogen-bond donors (Lipinski definition) is 0. The van der Waals surface area contributed by atoms with Crippen LogP contribution in [0.2, 0.25) is 0 Å². The molecule has 0 atom stereocenters. The largest absolute Gasteiger partial charge is 0.286 e. The molecule has 18 heavy (non-hydrogen) atoms. The van der Waals surface area contributed by atoms with Crippen LogP contribution in [0.15, 0.2) is 24.3 Å². The van der Waals surface area contributed by atoms with Crippen LogP contribution >= 0.6 is 0 Å². The third-order valence-corrected chi connectivity index (χ3v) is 4.22. The number of rotatable bonds is 2. The highest BCUT2D eigenvalue weighted by molar-refractivity contribution is 5.74. The average molecular weight is 241 g/mol. The number of allylic oxidation sites excluding steroid dienone is 1. The third kappa shape index (κ3) is 2.27. The Bertz CT molecular complexity index is 492. The molecule has 0 saturated heterocycles. The highest BCUT2D eigenvalue weighted by Crippen LogP contribution is 2.45. The summed E-state index contributed by atoms with van der Waals surface area (Å²) in [5.74, 6) is 0. The molecule has 95 valence electrons. The van der Waals surface area contributed by atoms with E-state index in [1.165, 1.54) is 30.0 Å². The van der Waals surface area contributed by atoms with E-state index in [0.29, 0.717) is 0 Å². The Morgan fingerprint density at radius 3 is 2.28 bits per heavy atom. The number of fused-ring (bicyclic) bond motifs is 1. The number of benzene rings is 1. The maximum Gasteiger partial charge on any atom is 0.225 e. The van der Waals surface area contributed by atoms with Crippen LogP contribution in [0.4, 0.5) is 0 Å². The Balaban J connectivity index is 2.55. The van der Waals surface area contributed by atoms with Crippen LogP contribution in [0.5, 0.6) is 0 Å². The van der Waals surface area contributed by atoms with Gasteiger partial charge < -0.3 is 0 Å². The molecule has 1 heteroatoms. The molecule has 0 unspecified atom stereocenters. The first-order chi connectivity index (χ1) is 8.37. The van der Waals surface area contributed by atoms with Gasteiger partial charge in [0.1, 0.15) is 0 Å². The smallest absolute Gasteiger partial charge is 0.225 e. The quantitative estimate of drug-likeness (QED) is 0.711. The van der Waals surface area contributed by atoms with Gasteiger partial charge in [-0.15, -0.1) is 0 Å². The lowest BCUT2D eigenvalue weighted by atomic mass is 9.63. The minimum absolute atomic E-state index is 0.222. The van der Waals surface area contributed by atoms with Crippen LogP contribution < -0.4 is 0 Å². The fourth-order valence-electron chi connectivity index (χ4n) is 2.84. The lowest BCUT2D eigenvalue weighted by Crippen LogP contribution is -2.33. The third-order valence-electron chi connectivity index (χ3n) is 4.22. The molecule has 1 aliphatic rings. The maximum atomic E-state index is 10.3. The lowest BCUT2D eigenvalue weighted by Gasteiger charge is -2.42. The van der Waals surface area contributed by atoms with Crippen molar-refractivity contribution < 1.29 is 4.79 Å². The summed E-state index contributed by atoms with van der Waals surface area (Å²) in [7, 11) is 0. The van der Waals surface area contributed by atoms with Gasteiger partial charge in [-0.2, -0.15) is 0 Å². The van der Waals surface area contributed by atoms with Gasteiger partial charge in [-0.1, -0.05) is 52.0 Å². The molecular weight excluding hydrogens is 220 g/mol. The van der Waals surface area contributed by atoms with E-state index >= 15 is 0 Å². The summed E-state index contributed by atoms with van der Waals surface area (Å²) in [4.78, 5) is 10.3. The van der Waals surface area contributed by atoms with Crippen LogP contribution in [-0.2, 0) is 15.6 Å². The predicted octanol–water partition coefficient (Wildman–Crippen LogP) is 4.16. The van der Waals surface area contributed by atoms with Crippen molar-refractivity contribution in [3.63, 3.8) is 0 Å². The molecular formula is C17H21O. The van der Waals surface area contributed by atoms with E-state index in [4.69, 9.17) is 0 Å². The Kier molecular flexibility index (Phi) is 3.18. The molecule has 1 aromatic rings. The SMILES string of the molecule is CC1(C)CCC(C)(C)c2cc(C=C[C]=O)ccc21. The van der Waals surface area contributed by atoms with Crippen LogP contribution in [-0.4, -0.2) is 6.29 Å². The van der Waals surface area contributed by atoms with Crippen molar-refractivity contribution in [3.05, 3.63) is 41.0 Å². The molecule has 0 spiro atoms. The van der Waals surface area contributed by atoms with Crippen molar-refractivity contribution in [1.82, 2.24) is 0 Å². The average Bonchev–Trinajstić information content (AvgIpc) is 2.32. The molecule has 1 aliphatic carbocycles. The predicted molar refractivity (Wildman–Crippen MR) is 76.5 cm³/mol. The fraction of sp³-hybridized carbons (Fsp3) is 0.471. The molecule has 0 heterocycles. The van der Waals surface area contributed by atoms with E-state index in [1.807, 2.05) is 6.08 Å². The van der Waals surface area contributed by atoms with Crippen LogP contribution in [0.25, 0.3) is 6.08 Å². The number of carbonyl (C=O) groups excluding carboxylic acids is 1. The van der Waals surface area contributed by atoms with E-state index in [0.717, 1.165) is 5.56 Å². The van der Waals surface area contributed by atoms with E-state index in [1.54, 1.807) is 6.29 Å². The van der Waals surface area contributed by atoms with Gasteiger partial charge in [0.05, 0.1) is 0 Å². The lowest BCUT2D eigenvalue weighted by molar-refractivity contribution is 0.332.